The van der Waals surface area contributed by atoms with Crippen LogP contribution in [0.1, 0.15) is 23.3 Å². The maximum Gasteiger partial charge on any atom is 0.0116 e. The lowest BCUT2D eigenvalue weighted by atomic mass is 10.1. The lowest BCUT2D eigenvalue weighted by Crippen LogP contribution is -2.23. The Labute approximate surface area is 77.8 Å². The number of nitrogens with one attached hydrogen (secondary N) is 1. The third-order valence-electron chi connectivity index (χ3n) is 2.39. The van der Waals surface area contributed by atoms with Gasteiger partial charge in [-0.1, -0.05) is 0 Å². The molecule has 1 aromatic heterocycles. The van der Waals surface area contributed by atoms with E-state index in [1.165, 1.54) is 36.2 Å². The van der Waals surface area contributed by atoms with Crippen LogP contribution < -0.4 is 5.32 Å². The second-order valence-corrected chi connectivity index (χ2v) is 4.58. The van der Waals surface area contributed by atoms with Gasteiger partial charge in [-0.2, -0.15) is 0 Å². The number of hydrogen-bond donors (Lipinski definition) is 1. The largest absolute Gasteiger partial charge is 0.314 e. The number of hydrogen-bond acceptors (Lipinski definition) is 2. The van der Waals surface area contributed by atoms with Crippen LogP contribution in [-0.4, -0.2) is 12.6 Å². The molecule has 12 heavy (non-hydrogen) atoms. The monoisotopic (exact) mass is 181 g/mol. The molecule has 2 heterocycles. The number of rotatable bonds is 2. The van der Waals surface area contributed by atoms with E-state index in [4.69, 9.17) is 0 Å². The van der Waals surface area contributed by atoms with E-state index in [-0.39, 0.29) is 0 Å². The molecule has 1 aromatic rings. The van der Waals surface area contributed by atoms with Gasteiger partial charge in [-0.3, -0.25) is 0 Å². The molecule has 0 amide bonds. The van der Waals surface area contributed by atoms with Crippen molar-refractivity contribution < 1.29 is 0 Å². The van der Waals surface area contributed by atoms with Gasteiger partial charge >= 0.3 is 0 Å². The van der Waals surface area contributed by atoms with E-state index >= 15 is 0 Å². The van der Waals surface area contributed by atoms with Crippen LogP contribution in [0.4, 0.5) is 0 Å². The highest BCUT2D eigenvalue weighted by molar-refractivity contribution is 7.10. The standard InChI is InChI=1S/C10H15NS/c1-8-5-10(12-7-8)6-9-3-2-4-11-9/h5,7,9,11H,2-4,6H2,1H3. The third kappa shape index (κ3) is 1.87. The molecule has 66 valence electrons. The summed E-state index contributed by atoms with van der Waals surface area (Å²) in [5.41, 5.74) is 1.41. The third-order valence-corrected chi connectivity index (χ3v) is 3.47. The van der Waals surface area contributed by atoms with Gasteiger partial charge in [0.2, 0.25) is 0 Å². The average molecular weight is 181 g/mol. The summed E-state index contributed by atoms with van der Waals surface area (Å²) >= 11 is 1.90. The molecule has 1 nitrogen and oxygen atoms in total. The fourth-order valence-electron chi connectivity index (χ4n) is 1.77. The first-order valence-electron chi connectivity index (χ1n) is 4.62. The molecule has 1 aliphatic heterocycles. The van der Waals surface area contributed by atoms with Crippen LogP contribution in [0.3, 0.4) is 0 Å². The minimum atomic E-state index is 0.753. The number of aryl methyl sites for hydroxylation is 1. The van der Waals surface area contributed by atoms with Crippen molar-refractivity contribution in [2.45, 2.75) is 32.2 Å². The summed E-state index contributed by atoms with van der Waals surface area (Å²) in [5, 5.41) is 5.76. The number of thiophene rings is 1. The van der Waals surface area contributed by atoms with Crippen LogP contribution in [0.15, 0.2) is 11.4 Å². The first kappa shape index (κ1) is 8.27. The van der Waals surface area contributed by atoms with Crippen LogP contribution in [0.2, 0.25) is 0 Å². The van der Waals surface area contributed by atoms with Crippen LogP contribution in [0, 0.1) is 6.92 Å². The Morgan fingerprint density at radius 3 is 3.17 bits per heavy atom. The summed E-state index contributed by atoms with van der Waals surface area (Å²) in [6.07, 6.45) is 3.95. The van der Waals surface area contributed by atoms with Crippen molar-refractivity contribution in [3.05, 3.63) is 21.9 Å². The zero-order chi connectivity index (χ0) is 8.39. The van der Waals surface area contributed by atoms with Crippen molar-refractivity contribution in [1.29, 1.82) is 0 Å². The van der Waals surface area contributed by atoms with Crippen molar-refractivity contribution in [1.82, 2.24) is 5.32 Å². The smallest absolute Gasteiger partial charge is 0.0116 e. The molecular formula is C10H15NS. The minimum Gasteiger partial charge on any atom is -0.314 e. The molecule has 0 saturated carbocycles. The van der Waals surface area contributed by atoms with Crippen LogP contribution in [0.25, 0.3) is 0 Å². The van der Waals surface area contributed by atoms with Crippen molar-refractivity contribution in [3.8, 4) is 0 Å². The predicted octanol–water partition coefficient (Wildman–Crippen LogP) is 2.35. The highest BCUT2D eigenvalue weighted by Crippen LogP contribution is 2.18. The fourth-order valence-corrected chi connectivity index (χ4v) is 2.73. The van der Waals surface area contributed by atoms with Gasteiger partial charge in [-0.25, -0.2) is 0 Å². The van der Waals surface area contributed by atoms with Crippen molar-refractivity contribution in [2.24, 2.45) is 0 Å². The molecule has 1 unspecified atom stereocenters. The zero-order valence-corrected chi connectivity index (χ0v) is 8.29. The Bertz CT molecular complexity index is 248. The lowest BCUT2D eigenvalue weighted by Gasteiger charge is -2.06. The van der Waals surface area contributed by atoms with Crippen molar-refractivity contribution in [2.75, 3.05) is 6.54 Å². The first-order valence-corrected chi connectivity index (χ1v) is 5.50. The molecule has 2 rings (SSSR count). The molecule has 0 radical (unpaired) electrons. The fraction of sp³-hybridized carbons (Fsp3) is 0.600. The zero-order valence-electron chi connectivity index (χ0n) is 7.47. The van der Waals surface area contributed by atoms with E-state index in [9.17, 15) is 0 Å². The molecule has 0 spiro atoms. The predicted molar refractivity (Wildman–Crippen MR) is 53.8 cm³/mol. The quantitative estimate of drug-likeness (QED) is 0.738. The summed E-state index contributed by atoms with van der Waals surface area (Å²) in [6.45, 7) is 3.39. The van der Waals surface area contributed by atoms with Gasteiger partial charge in [0.15, 0.2) is 0 Å². The molecule has 1 N–H and O–H groups in total. The summed E-state index contributed by atoms with van der Waals surface area (Å²) < 4.78 is 0. The molecule has 1 saturated heterocycles. The average Bonchev–Trinajstić information content (AvgIpc) is 2.63. The summed E-state index contributed by atoms with van der Waals surface area (Å²) in [6, 6.07) is 3.06. The molecule has 1 aliphatic rings. The molecule has 0 bridgehead atoms. The molecule has 1 atom stereocenters. The van der Waals surface area contributed by atoms with Gasteiger partial charge in [0.25, 0.3) is 0 Å². The van der Waals surface area contributed by atoms with Gasteiger partial charge in [0.05, 0.1) is 0 Å². The molecule has 2 heteroatoms. The SMILES string of the molecule is Cc1csc(CC2CCCN2)c1. The van der Waals surface area contributed by atoms with Gasteiger partial charge in [0.1, 0.15) is 0 Å². The van der Waals surface area contributed by atoms with Gasteiger partial charge < -0.3 is 5.32 Å². The first-order chi connectivity index (χ1) is 5.84. The van der Waals surface area contributed by atoms with E-state index in [1.54, 1.807) is 0 Å². The highest BCUT2D eigenvalue weighted by Gasteiger charge is 2.14. The topological polar surface area (TPSA) is 12.0 Å². The Kier molecular flexibility index (Phi) is 2.47. The highest BCUT2D eigenvalue weighted by atomic mass is 32.1. The Balaban J connectivity index is 1.94. The van der Waals surface area contributed by atoms with Crippen molar-refractivity contribution >= 4 is 11.3 Å². The normalized spacial score (nSPS) is 23.2. The van der Waals surface area contributed by atoms with Crippen LogP contribution in [0.5, 0.6) is 0 Å². The minimum absolute atomic E-state index is 0.753. The van der Waals surface area contributed by atoms with Gasteiger partial charge in [-0.15, -0.1) is 11.3 Å². The molecule has 0 aromatic carbocycles. The second kappa shape index (κ2) is 3.58. The van der Waals surface area contributed by atoms with E-state index in [0.29, 0.717) is 0 Å². The lowest BCUT2D eigenvalue weighted by molar-refractivity contribution is 0.607. The van der Waals surface area contributed by atoms with E-state index in [2.05, 4.69) is 23.7 Å². The van der Waals surface area contributed by atoms with E-state index in [0.717, 1.165) is 6.04 Å². The van der Waals surface area contributed by atoms with Crippen LogP contribution in [-0.2, 0) is 6.42 Å². The molecule has 1 fully saturated rings. The van der Waals surface area contributed by atoms with E-state index in [1.807, 2.05) is 11.3 Å². The summed E-state index contributed by atoms with van der Waals surface area (Å²) in [4.78, 5) is 1.53. The Morgan fingerprint density at radius 1 is 1.67 bits per heavy atom. The van der Waals surface area contributed by atoms with Crippen LogP contribution >= 0.6 is 11.3 Å². The summed E-state index contributed by atoms with van der Waals surface area (Å²) in [5.74, 6) is 0. The molecule has 0 aliphatic carbocycles. The molecular weight excluding hydrogens is 166 g/mol. The van der Waals surface area contributed by atoms with Gasteiger partial charge in [-0.05, 0) is 49.7 Å². The maximum atomic E-state index is 3.52. The Hall–Kier alpha value is -0.340. The van der Waals surface area contributed by atoms with Gasteiger partial charge in [0, 0.05) is 10.9 Å². The Morgan fingerprint density at radius 2 is 2.58 bits per heavy atom. The summed E-state index contributed by atoms with van der Waals surface area (Å²) in [7, 11) is 0. The van der Waals surface area contributed by atoms with E-state index < -0.39 is 0 Å². The maximum absolute atomic E-state index is 3.52. The second-order valence-electron chi connectivity index (χ2n) is 3.59. The van der Waals surface area contributed by atoms with Crippen molar-refractivity contribution in [3.63, 3.8) is 0 Å².